The molecule has 1 aromatic carbocycles. The summed E-state index contributed by atoms with van der Waals surface area (Å²) >= 11 is 0. The summed E-state index contributed by atoms with van der Waals surface area (Å²) in [4.78, 5) is 131. The van der Waals surface area contributed by atoms with Crippen molar-refractivity contribution in [3.8, 4) is 0 Å². The minimum Gasteiger partial charge on any atom is -0.394 e. The SMILES string of the molecule is CC(=O)N(C(=O)[C@H](CCC(N)=O)NC(=O)[C@@H](N)CO)[C@@H](CC(N)=O)C(=O)NC(Cc1ccccc1)C(O)CC(=O)NC(=O)[C@@H](NC(=O)[C@@H](NC(=O)[C@@H]1CCCN1)C(C)C)C(C)C. The lowest BCUT2D eigenvalue weighted by molar-refractivity contribution is -0.154. The Hall–Kier alpha value is -5.84. The molecule has 1 saturated heterocycles. The van der Waals surface area contributed by atoms with Crippen molar-refractivity contribution >= 4 is 59.1 Å². The molecule has 2 unspecified atom stereocenters. The number of carbonyl (C=O) groups is 10. The van der Waals surface area contributed by atoms with Crippen LogP contribution in [0.2, 0.25) is 0 Å². The molecule has 0 aromatic heterocycles. The van der Waals surface area contributed by atoms with E-state index in [9.17, 15) is 58.2 Å². The largest absolute Gasteiger partial charge is 0.394 e. The molecule has 0 aliphatic carbocycles. The van der Waals surface area contributed by atoms with Crippen molar-refractivity contribution < 1.29 is 58.2 Å². The number of hydrogen-bond acceptors (Lipinski definition) is 14. The van der Waals surface area contributed by atoms with Gasteiger partial charge in [0.1, 0.15) is 30.2 Å². The number of hydrogen-bond donors (Lipinski definition) is 11. The van der Waals surface area contributed by atoms with Gasteiger partial charge >= 0.3 is 0 Å². The lowest BCUT2D eigenvalue weighted by Gasteiger charge is -2.33. The second-order valence-corrected chi connectivity index (χ2v) is 15.9. The topological polar surface area (TPSA) is 365 Å². The standard InChI is InChI=1S/C40H62N10O12/c1-20(2)33(49-39(61)34(21(3)4)48-36(58)25-12-9-15-44-25)38(60)47-32(56)18-29(53)27(16-23-10-7-6-8-11-23)46-37(59)28(17-31(43)55)50(22(5)52)40(62)26(13-14-30(42)54)45-35(57)24(41)19-51/h6-8,10-11,20-21,24-29,33-34,44,51,53H,9,12-19,41H2,1-5H3,(H2,42,54)(H2,43,55)(H,45,57)(H,46,59)(H,48,58)(H,49,61)(H,47,56,60)/t24-,25-,26-,27?,28-,29?,33-,34-/m0/s1. The Labute approximate surface area is 359 Å². The highest BCUT2D eigenvalue weighted by atomic mass is 16.3. The van der Waals surface area contributed by atoms with Crippen LogP contribution < -0.4 is 49.1 Å². The number of nitrogens with two attached hydrogens (primary N) is 3. The molecule has 22 heteroatoms. The zero-order valence-electron chi connectivity index (χ0n) is 35.7. The summed E-state index contributed by atoms with van der Waals surface area (Å²) in [6, 6.07) is -1.06. The molecule has 1 heterocycles. The Morgan fingerprint density at radius 1 is 0.806 bits per heavy atom. The predicted octanol–water partition coefficient (Wildman–Crippen LogP) is -4.17. The third-order valence-corrected chi connectivity index (χ3v) is 10.0. The van der Waals surface area contributed by atoms with Crippen molar-refractivity contribution in [3.63, 3.8) is 0 Å². The van der Waals surface area contributed by atoms with Crippen molar-refractivity contribution in [2.75, 3.05) is 13.2 Å². The van der Waals surface area contributed by atoms with Crippen molar-refractivity contribution in [3.05, 3.63) is 35.9 Å². The van der Waals surface area contributed by atoms with Crippen molar-refractivity contribution in [2.24, 2.45) is 29.0 Å². The first-order chi connectivity index (χ1) is 29.1. The first kappa shape index (κ1) is 52.3. The predicted molar refractivity (Wildman–Crippen MR) is 221 cm³/mol. The van der Waals surface area contributed by atoms with Gasteiger partial charge in [-0.2, -0.15) is 0 Å². The Balaban J connectivity index is 2.37. The molecular weight excluding hydrogens is 812 g/mol. The zero-order valence-corrected chi connectivity index (χ0v) is 35.7. The van der Waals surface area contributed by atoms with Gasteiger partial charge in [-0.05, 0) is 49.6 Å². The molecule has 2 rings (SSSR count). The van der Waals surface area contributed by atoms with E-state index in [1.165, 1.54) is 0 Å². The average Bonchev–Trinajstić information content (AvgIpc) is 3.74. The highest BCUT2D eigenvalue weighted by molar-refractivity contribution is 6.04. The summed E-state index contributed by atoms with van der Waals surface area (Å²) in [6.45, 7) is 7.39. The van der Waals surface area contributed by atoms with E-state index in [1.807, 2.05) is 0 Å². The van der Waals surface area contributed by atoms with Gasteiger partial charge in [-0.1, -0.05) is 58.0 Å². The number of imide groups is 2. The monoisotopic (exact) mass is 874 g/mol. The summed E-state index contributed by atoms with van der Waals surface area (Å²) in [6.07, 6.45) is -3.24. The lowest BCUT2D eigenvalue weighted by atomic mass is 9.97. The lowest BCUT2D eigenvalue weighted by Crippen LogP contribution is -2.61. The number of benzene rings is 1. The van der Waals surface area contributed by atoms with Gasteiger partial charge in [-0.25, -0.2) is 0 Å². The van der Waals surface area contributed by atoms with Crippen molar-refractivity contribution in [1.29, 1.82) is 0 Å². The van der Waals surface area contributed by atoms with Gasteiger partial charge < -0.3 is 54.0 Å². The van der Waals surface area contributed by atoms with Gasteiger partial charge in [0.15, 0.2) is 0 Å². The fourth-order valence-corrected chi connectivity index (χ4v) is 6.60. The Bertz CT molecular complexity index is 1770. The summed E-state index contributed by atoms with van der Waals surface area (Å²) in [5, 5.41) is 36.0. The molecule has 0 bridgehead atoms. The van der Waals surface area contributed by atoms with Gasteiger partial charge in [-0.3, -0.25) is 58.2 Å². The Kier molecular flexibility index (Phi) is 21.2. The van der Waals surface area contributed by atoms with Crippen LogP contribution in [-0.4, -0.2) is 136 Å². The van der Waals surface area contributed by atoms with E-state index in [0.29, 0.717) is 23.4 Å². The molecule has 10 amide bonds. The number of nitrogens with zero attached hydrogens (tertiary/aromatic N) is 1. The molecular formula is C40H62N10O12. The van der Waals surface area contributed by atoms with Crippen LogP contribution in [-0.2, 0) is 54.4 Å². The number of aliphatic hydroxyl groups excluding tert-OH is 2. The summed E-state index contributed by atoms with van der Waals surface area (Å²) in [7, 11) is 0. The van der Waals surface area contributed by atoms with Crippen LogP contribution in [0.5, 0.6) is 0 Å². The highest BCUT2D eigenvalue weighted by Gasteiger charge is 2.40. The van der Waals surface area contributed by atoms with Gasteiger partial charge in [0.25, 0.3) is 5.91 Å². The van der Waals surface area contributed by atoms with Gasteiger partial charge in [0, 0.05) is 13.3 Å². The van der Waals surface area contributed by atoms with E-state index in [1.54, 1.807) is 58.0 Å². The molecule has 1 aromatic rings. The number of amides is 10. The van der Waals surface area contributed by atoms with Gasteiger partial charge in [0.05, 0.1) is 37.6 Å². The van der Waals surface area contributed by atoms with Crippen molar-refractivity contribution in [1.82, 2.24) is 36.8 Å². The van der Waals surface area contributed by atoms with E-state index in [0.717, 1.165) is 13.3 Å². The summed E-state index contributed by atoms with van der Waals surface area (Å²) in [5.74, 6) is -10.5. The average molecular weight is 875 g/mol. The van der Waals surface area contributed by atoms with Crippen LogP contribution in [0.15, 0.2) is 30.3 Å². The molecule has 14 N–H and O–H groups in total. The second kappa shape index (κ2) is 25.2. The van der Waals surface area contributed by atoms with Crippen LogP contribution in [0, 0.1) is 11.8 Å². The Morgan fingerprint density at radius 2 is 1.42 bits per heavy atom. The number of nitrogens with one attached hydrogen (secondary N) is 6. The molecule has 0 radical (unpaired) electrons. The fraction of sp³-hybridized carbons (Fsp3) is 0.600. The molecule has 344 valence electrons. The number of rotatable bonds is 24. The second-order valence-electron chi connectivity index (χ2n) is 15.9. The summed E-state index contributed by atoms with van der Waals surface area (Å²) < 4.78 is 0. The highest BCUT2D eigenvalue weighted by Crippen LogP contribution is 2.16. The van der Waals surface area contributed by atoms with Crippen LogP contribution in [0.25, 0.3) is 0 Å². The molecule has 0 saturated carbocycles. The number of primary amides is 2. The maximum Gasteiger partial charge on any atom is 0.252 e. The van der Waals surface area contributed by atoms with E-state index >= 15 is 0 Å². The number of carbonyl (C=O) groups excluding carboxylic acids is 10. The van der Waals surface area contributed by atoms with Gasteiger partial charge in [0.2, 0.25) is 53.2 Å². The molecule has 1 aliphatic heterocycles. The third-order valence-electron chi connectivity index (χ3n) is 10.0. The maximum absolute atomic E-state index is 14.1. The number of aliphatic hydroxyl groups is 2. The maximum atomic E-state index is 14.1. The molecule has 1 fully saturated rings. The molecule has 1 aliphatic rings. The molecule has 22 nitrogen and oxygen atoms in total. The molecule has 62 heavy (non-hydrogen) atoms. The van der Waals surface area contributed by atoms with E-state index in [-0.39, 0.29) is 18.2 Å². The zero-order chi connectivity index (χ0) is 46.8. The minimum atomic E-state index is -2.00. The Morgan fingerprint density at radius 3 is 1.94 bits per heavy atom. The normalized spacial score (nSPS) is 17.0. The third kappa shape index (κ3) is 16.6. The van der Waals surface area contributed by atoms with E-state index in [2.05, 4.69) is 31.9 Å². The van der Waals surface area contributed by atoms with Crippen LogP contribution in [0.3, 0.4) is 0 Å². The van der Waals surface area contributed by atoms with Crippen LogP contribution in [0.1, 0.15) is 78.7 Å². The quantitative estimate of drug-likeness (QED) is 0.0470. The summed E-state index contributed by atoms with van der Waals surface area (Å²) in [5.41, 5.74) is 16.8. The first-order valence-corrected chi connectivity index (χ1v) is 20.3. The molecule has 8 atom stereocenters. The molecule has 0 spiro atoms. The van der Waals surface area contributed by atoms with E-state index in [4.69, 9.17) is 17.2 Å². The fourth-order valence-electron chi connectivity index (χ4n) is 6.60. The van der Waals surface area contributed by atoms with E-state index < -0.39 is 140 Å². The first-order valence-electron chi connectivity index (χ1n) is 20.3. The van der Waals surface area contributed by atoms with Crippen LogP contribution >= 0.6 is 0 Å². The smallest absolute Gasteiger partial charge is 0.252 e. The van der Waals surface area contributed by atoms with Crippen molar-refractivity contribution in [2.45, 2.75) is 128 Å². The minimum absolute atomic E-state index is 0.161. The van der Waals surface area contributed by atoms with Crippen LogP contribution in [0.4, 0.5) is 0 Å². The van der Waals surface area contributed by atoms with Gasteiger partial charge in [-0.15, -0.1) is 0 Å².